The molecule has 1 unspecified atom stereocenters. The predicted molar refractivity (Wildman–Crippen MR) is 203 cm³/mol. The number of aromatic nitrogens is 3. The van der Waals surface area contributed by atoms with Crippen LogP contribution in [-0.4, -0.2) is 180 Å². The molecule has 1 fully saturated rings. The number of aliphatic carboxylic acids is 3. The number of pyridine rings is 1. The van der Waals surface area contributed by atoms with Crippen molar-refractivity contribution >= 4 is 45.6 Å². The van der Waals surface area contributed by atoms with E-state index in [4.69, 9.17) is 4.74 Å². The van der Waals surface area contributed by atoms with Gasteiger partial charge in [-0.2, -0.15) is 0 Å². The van der Waals surface area contributed by atoms with Gasteiger partial charge in [-0.05, 0) is 43.0 Å². The fourth-order valence-corrected chi connectivity index (χ4v) is 7.33. The Kier molecular flexibility index (Phi) is 18.0. The number of carboxylic acid groups (broad SMARTS) is 3. The third kappa shape index (κ3) is 14.8. The van der Waals surface area contributed by atoms with E-state index in [-0.39, 0.29) is 56.2 Å². The van der Waals surface area contributed by atoms with Crippen LogP contribution in [-0.2, 0) is 48.9 Å². The highest BCUT2D eigenvalue weighted by Crippen LogP contribution is 2.22. The number of imidazole rings is 1. The fraction of sp³-hybridized carbons (Fsp3) is 0.556. The number of carbonyl (C=O) groups is 4. The Labute approximate surface area is 326 Å². The molecule has 3 aromatic rings. The molecule has 0 bridgehead atoms. The minimum atomic E-state index is -1.58. The monoisotopic (exact) mass is 804 g/mol. The van der Waals surface area contributed by atoms with Crippen molar-refractivity contribution in [3.8, 4) is 5.75 Å². The molecule has 1 aromatic carbocycles. The molecule has 0 saturated carbocycles. The number of aliphatic hydroxyl groups excluding tert-OH is 2. The second-order valence-corrected chi connectivity index (χ2v) is 14.8. The molecular formula is C36H52N8O11S. The molecule has 0 radical (unpaired) electrons. The molecule has 4 rings (SSSR count). The number of hydrogen-bond acceptors (Lipinski definition) is 14. The van der Waals surface area contributed by atoms with E-state index < -0.39 is 28.7 Å². The Hall–Kier alpha value is -4.57. The fourth-order valence-electron chi connectivity index (χ4n) is 6.27. The summed E-state index contributed by atoms with van der Waals surface area (Å²) < 4.78 is 19.0. The summed E-state index contributed by atoms with van der Waals surface area (Å²) in [5.74, 6) is -2.62. The number of fused-ring (bicyclic) bond motifs is 1. The Morgan fingerprint density at radius 1 is 0.768 bits per heavy atom. The number of H-pyrrole nitrogens is 1. The molecule has 0 aliphatic carbocycles. The highest BCUT2D eigenvalue weighted by molar-refractivity contribution is 7.84. The van der Waals surface area contributed by atoms with Gasteiger partial charge in [-0.3, -0.25) is 48.0 Å². The zero-order valence-electron chi connectivity index (χ0n) is 31.3. The molecule has 1 saturated heterocycles. The third-order valence-electron chi connectivity index (χ3n) is 9.27. The molecule has 308 valence electrons. The van der Waals surface area contributed by atoms with E-state index in [2.05, 4.69) is 20.3 Å². The van der Waals surface area contributed by atoms with Gasteiger partial charge in [0.15, 0.2) is 5.16 Å². The maximum Gasteiger partial charge on any atom is 0.317 e. The van der Waals surface area contributed by atoms with Crippen LogP contribution in [0.1, 0.15) is 36.1 Å². The molecular weight excluding hydrogens is 753 g/mol. The average molecular weight is 805 g/mol. The first-order chi connectivity index (χ1) is 26.9. The number of amides is 1. The van der Waals surface area contributed by atoms with Crippen LogP contribution in [0.2, 0.25) is 0 Å². The minimum absolute atomic E-state index is 0.0180. The van der Waals surface area contributed by atoms with E-state index in [1.54, 1.807) is 39.0 Å². The number of nitrogens with one attached hydrogen (secondary N) is 2. The van der Waals surface area contributed by atoms with Crippen molar-refractivity contribution in [1.29, 1.82) is 0 Å². The maximum absolute atomic E-state index is 13.1. The van der Waals surface area contributed by atoms with E-state index >= 15 is 0 Å². The van der Waals surface area contributed by atoms with Gasteiger partial charge in [-0.25, -0.2) is 4.98 Å². The van der Waals surface area contributed by atoms with Crippen LogP contribution in [0.4, 0.5) is 0 Å². The lowest BCUT2D eigenvalue weighted by atomic mass is 10.1. The van der Waals surface area contributed by atoms with E-state index in [9.17, 15) is 48.9 Å². The highest BCUT2D eigenvalue weighted by atomic mass is 32.2. The van der Waals surface area contributed by atoms with Gasteiger partial charge < -0.3 is 40.6 Å². The molecule has 0 spiro atoms. The van der Waals surface area contributed by atoms with E-state index in [0.29, 0.717) is 106 Å². The second-order valence-electron chi connectivity index (χ2n) is 13.5. The van der Waals surface area contributed by atoms with Crippen molar-refractivity contribution in [3.05, 3.63) is 47.3 Å². The zero-order valence-corrected chi connectivity index (χ0v) is 32.1. The van der Waals surface area contributed by atoms with Gasteiger partial charge in [0.1, 0.15) is 5.75 Å². The normalized spacial score (nSPS) is 16.2. The number of aromatic amines is 1. The molecule has 56 heavy (non-hydrogen) atoms. The van der Waals surface area contributed by atoms with Crippen LogP contribution in [0, 0.1) is 0 Å². The van der Waals surface area contributed by atoms with Gasteiger partial charge >= 0.3 is 17.9 Å². The first kappa shape index (κ1) is 44.1. The molecule has 7 N–H and O–H groups in total. The number of ether oxygens (including phenoxy) is 1. The number of carbonyl (C=O) groups excluding carboxylic acids is 1. The van der Waals surface area contributed by atoms with Gasteiger partial charge in [-0.1, -0.05) is 0 Å². The number of benzene rings is 1. The molecule has 1 aliphatic rings. The Morgan fingerprint density at radius 2 is 1.34 bits per heavy atom. The van der Waals surface area contributed by atoms with E-state index in [1.165, 1.54) is 6.20 Å². The first-order valence-electron chi connectivity index (χ1n) is 18.4. The first-order valence-corrected chi connectivity index (χ1v) is 19.8. The standard InChI is InChI=1S/C36H52N8O11S/c45-23-26-6-8-37-31(28(26)24-46)25-56(54)36-39-29-5-4-27(18-30(29)40-36)55-17-3-1-2-7-38-32(47)19-41-9-11-42(20-33(48)49)13-15-44(22-35(52)53)16-14-43(12-10-41)21-34(50)51/h4-6,8,18,45-46H,1-3,7,9-17,19-25H2,(H,38,47)(H,39,40)(H,48,49)(H,50,51)(H,52,53). The summed E-state index contributed by atoms with van der Waals surface area (Å²) in [5.41, 5.74) is 2.67. The van der Waals surface area contributed by atoms with Crippen molar-refractivity contribution in [3.63, 3.8) is 0 Å². The molecule has 20 heteroatoms. The van der Waals surface area contributed by atoms with Crippen molar-refractivity contribution in [2.45, 2.75) is 43.4 Å². The largest absolute Gasteiger partial charge is 0.494 e. The number of aliphatic hydroxyl groups is 2. The SMILES string of the molecule is O=C(O)CN1CCN(CC(=O)O)CCN(CC(=O)NCCCCCOc2ccc3nc(S(=O)Cc4nccc(CO)c4CO)[nH]c3c2)CCN(CC(=O)O)CC1. The van der Waals surface area contributed by atoms with Crippen LogP contribution < -0.4 is 10.1 Å². The predicted octanol–water partition coefficient (Wildman–Crippen LogP) is -0.609. The number of rotatable bonds is 20. The van der Waals surface area contributed by atoms with E-state index in [0.717, 1.165) is 12.8 Å². The summed E-state index contributed by atoms with van der Waals surface area (Å²) in [7, 11) is -1.58. The van der Waals surface area contributed by atoms with Crippen molar-refractivity contribution < 1.29 is 53.7 Å². The molecule has 2 aromatic heterocycles. The van der Waals surface area contributed by atoms with Crippen molar-refractivity contribution in [2.75, 3.05) is 91.7 Å². The summed E-state index contributed by atoms with van der Waals surface area (Å²) in [5, 5.41) is 50.6. The molecule has 19 nitrogen and oxygen atoms in total. The summed E-state index contributed by atoms with van der Waals surface area (Å²) in [6.45, 7) is 2.23. The van der Waals surface area contributed by atoms with Crippen LogP contribution in [0.15, 0.2) is 35.6 Å². The lowest BCUT2D eigenvalue weighted by Crippen LogP contribution is -2.49. The summed E-state index contributed by atoms with van der Waals surface area (Å²) >= 11 is 0. The lowest BCUT2D eigenvalue weighted by Gasteiger charge is -2.32. The number of unbranched alkanes of at least 4 members (excludes halogenated alkanes) is 2. The number of nitrogens with zero attached hydrogens (tertiary/aromatic N) is 6. The zero-order chi connectivity index (χ0) is 40.5. The van der Waals surface area contributed by atoms with E-state index in [1.807, 2.05) is 4.90 Å². The second kappa shape index (κ2) is 22.9. The number of hydrogen-bond donors (Lipinski definition) is 7. The lowest BCUT2D eigenvalue weighted by molar-refractivity contribution is -0.140. The Bertz CT molecular complexity index is 1760. The van der Waals surface area contributed by atoms with Gasteiger partial charge in [0.2, 0.25) is 5.91 Å². The minimum Gasteiger partial charge on any atom is -0.494 e. The summed E-state index contributed by atoms with van der Waals surface area (Å²) in [4.78, 5) is 66.1. The van der Waals surface area contributed by atoms with Gasteiger partial charge in [0.25, 0.3) is 0 Å². The quantitative estimate of drug-likeness (QED) is 0.0703. The topological polar surface area (TPSA) is 262 Å². The smallest absolute Gasteiger partial charge is 0.317 e. The molecule has 1 aliphatic heterocycles. The van der Waals surface area contributed by atoms with Crippen molar-refractivity contribution in [2.24, 2.45) is 0 Å². The average Bonchev–Trinajstić information content (AvgIpc) is 3.58. The molecule has 1 amide bonds. The summed E-state index contributed by atoms with van der Waals surface area (Å²) in [6.07, 6.45) is 3.73. The Balaban J connectivity index is 1.21. The van der Waals surface area contributed by atoms with Crippen molar-refractivity contribution in [1.82, 2.24) is 39.9 Å². The number of carboxylic acids is 3. The summed E-state index contributed by atoms with van der Waals surface area (Å²) in [6, 6.07) is 6.93. The highest BCUT2D eigenvalue weighted by Gasteiger charge is 2.21. The van der Waals surface area contributed by atoms with Crippen LogP contribution >= 0.6 is 0 Å². The van der Waals surface area contributed by atoms with Crippen LogP contribution in [0.3, 0.4) is 0 Å². The Morgan fingerprint density at radius 3 is 1.88 bits per heavy atom. The van der Waals surface area contributed by atoms with Crippen LogP contribution in [0.5, 0.6) is 5.75 Å². The molecule has 3 heterocycles. The molecule has 1 atom stereocenters. The van der Waals surface area contributed by atoms with Gasteiger partial charge in [-0.15, -0.1) is 0 Å². The van der Waals surface area contributed by atoms with Crippen LogP contribution in [0.25, 0.3) is 11.0 Å². The van der Waals surface area contributed by atoms with Gasteiger partial charge in [0, 0.05) is 76.7 Å². The third-order valence-corrected chi connectivity index (χ3v) is 10.4. The maximum atomic E-state index is 13.1. The van der Waals surface area contributed by atoms with Gasteiger partial charge in [0.05, 0.1) is 79.3 Å².